The van der Waals surface area contributed by atoms with Crippen molar-refractivity contribution in [2.45, 2.75) is 90.4 Å². The Morgan fingerprint density at radius 1 is 0.906 bits per heavy atom. The molecule has 0 bridgehead atoms. The fourth-order valence-corrected chi connectivity index (χ4v) is 4.21. The highest BCUT2D eigenvalue weighted by molar-refractivity contribution is 5.94. The molecule has 6 heteroatoms. The van der Waals surface area contributed by atoms with Gasteiger partial charge in [0.25, 0.3) is 5.91 Å². The van der Waals surface area contributed by atoms with Gasteiger partial charge in [0, 0.05) is 19.2 Å². The Labute approximate surface area is 191 Å². The summed E-state index contributed by atoms with van der Waals surface area (Å²) < 4.78 is 32.3. The van der Waals surface area contributed by atoms with Gasteiger partial charge in [-0.15, -0.1) is 0 Å². The molecule has 1 heterocycles. The lowest BCUT2D eigenvalue weighted by Gasteiger charge is -2.31. The standard InChI is InChI=1S/C26H39F2NO3/c1-2-3-4-5-6-7-8-9-10-11-12-19-32-26(31)21-15-17-29(18-16-21)25(30)23-14-13-22(27)20-24(23)28/h13-14,20-21H,2-12,15-19H2,1H3. The third-order valence-electron chi connectivity index (χ3n) is 6.27. The molecule has 180 valence electrons. The number of carbonyl (C=O) groups is 2. The first-order chi connectivity index (χ1) is 15.5. The van der Waals surface area contributed by atoms with Crippen LogP contribution in [0.3, 0.4) is 0 Å². The van der Waals surface area contributed by atoms with Crippen LogP contribution < -0.4 is 0 Å². The summed E-state index contributed by atoms with van der Waals surface area (Å²) in [5.41, 5.74) is -0.135. The van der Waals surface area contributed by atoms with E-state index in [1.54, 1.807) is 0 Å². The van der Waals surface area contributed by atoms with Crippen LogP contribution in [0.15, 0.2) is 18.2 Å². The lowest BCUT2D eigenvalue weighted by Crippen LogP contribution is -2.41. The van der Waals surface area contributed by atoms with E-state index in [-0.39, 0.29) is 17.5 Å². The Hall–Kier alpha value is -1.98. The number of piperidine rings is 1. The second kappa shape index (κ2) is 15.0. The van der Waals surface area contributed by atoms with Gasteiger partial charge in [0.05, 0.1) is 18.1 Å². The largest absolute Gasteiger partial charge is 0.465 e. The fourth-order valence-electron chi connectivity index (χ4n) is 4.21. The number of nitrogens with zero attached hydrogens (tertiary/aromatic N) is 1. The monoisotopic (exact) mass is 451 g/mol. The van der Waals surface area contributed by atoms with Crippen LogP contribution in [0.1, 0.15) is 101 Å². The lowest BCUT2D eigenvalue weighted by atomic mass is 9.96. The minimum absolute atomic E-state index is 0.135. The highest BCUT2D eigenvalue weighted by Gasteiger charge is 2.29. The summed E-state index contributed by atoms with van der Waals surface area (Å²) in [5, 5.41) is 0. The van der Waals surface area contributed by atoms with Gasteiger partial charge in [-0.1, -0.05) is 71.1 Å². The molecule has 0 saturated carbocycles. The maximum absolute atomic E-state index is 13.8. The predicted octanol–water partition coefficient (Wildman–Crippen LogP) is 6.67. The van der Waals surface area contributed by atoms with E-state index in [9.17, 15) is 18.4 Å². The molecule has 0 atom stereocenters. The van der Waals surface area contributed by atoms with Gasteiger partial charge in [0.2, 0.25) is 0 Å². The van der Waals surface area contributed by atoms with Crippen molar-refractivity contribution in [2.24, 2.45) is 5.92 Å². The van der Waals surface area contributed by atoms with Crippen molar-refractivity contribution in [1.82, 2.24) is 4.90 Å². The first-order valence-corrected chi connectivity index (χ1v) is 12.4. The average Bonchev–Trinajstić information content (AvgIpc) is 2.79. The van der Waals surface area contributed by atoms with Crippen LogP contribution in [-0.2, 0) is 9.53 Å². The lowest BCUT2D eigenvalue weighted by molar-refractivity contribution is -0.150. The van der Waals surface area contributed by atoms with Crippen LogP contribution in [0.2, 0.25) is 0 Å². The molecule has 0 aromatic heterocycles. The number of halogens is 2. The third kappa shape index (κ3) is 9.25. The second-order valence-corrected chi connectivity index (χ2v) is 8.89. The molecule has 1 saturated heterocycles. The maximum Gasteiger partial charge on any atom is 0.309 e. The van der Waals surface area contributed by atoms with E-state index in [4.69, 9.17) is 4.74 Å². The topological polar surface area (TPSA) is 46.6 Å². The van der Waals surface area contributed by atoms with Crippen LogP contribution >= 0.6 is 0 Å². The van der Waals surface area contributed by atoms with Gasteiger partial charge < -0.3 is 9.64 Å². The zero-order chi connectivity index (χ0) is 23.2. The van der Waals surface area contributed by atoms with Gasteiger partial charge in [0.15, 0.2) is 0 Å². The Bertz CT molecular complexity index is 702. The summed E-state index contributed by atoms with van der Waals surface area (Å²) in [6.45, 7) is 3.43. The molecule has 1 aromatic rings. The zero-order valence-electron chi connectivity index (χ0n) is 19.6. The minimum Gasteiger partial charge on any atom is -0.465 e. The van der Waals surface area contributed by atoms with Crippen molar-refractivity contribution < 1.29 is 23.1 Å². The van der Waals surface area contributed by atoms with Gasteiger partial charge >= 0.3 is 5.97 Å². The van der Waals surface area contributed by atoms with Gasteiger partial charge in [-0.3, -0.25) is 9.59 Å². The van der Waals surface area contributed by atoms with E-state index in [0.717, 1.165) is 18.9 Å². The van der Waals surface area contributed by atoms with Crippen molar-refractivity contribution in [2.75, 3.05) is 19.7 Å². The summed E-state index contributed by atoms with van der Waals surface area (Å²) in [5.74, 6) is -2.45. The predicted molar refractivity (Wildman–Crippen MR) is 122 cm³/mol. The molecule has 2 rings (SSSR count). The van der Waals surface area contributed by atoms with E-state index >= 15 is 0 Å². The molecule has 0 spiro atoms. The van der Waals surface area contributed by atoms with Crippen molar-refractivity contribution >= 4 is 11.9 Å². The van der Waals surface area contributed by atoms with Crippen LogP contribution in [0.4, 0.5) is 8.78 Å². The smallest absolute Gasteiger partial charge is 0.309 e. The molecule has 0 N–H and O–H groups in total. The number of rotatable bonds is 14. The normalized spacial score (nSPS) is 14.5. The summed E-state index contributed by atoms with van der Waals surface area (Å²) in [6, 6.07) is 2.96. The highest BCUT2D eigenvalue weighted by Crippen LogP contribution is 2.22. The van der Waals surface area contributed by atoms with E-state index in [1.807, 2.05) is 0 Å². The second-order valence-electron chi connectivity index (χ2n) is 8.89. The Kier molecular flexibility index (Phi) is 12.3. The molecule has 1 fully saturated rings. The summed E-state index contributed by atoms with van der Waals surface area (Å²) in [6.07, 6.45) is 14.8. The zero-order valence-corrected chi connectivity index (χ0v) is 19.6. The molecule has 1 aliphatic rings. The molecule has 1 aromatic carbocycles. The molecule has 0 unspecified atom stereocenters. The number of likely N-dealkylation sites (tertiary alicyclic amines) is 1. The van der Waals surface area contributed by atoms with Crippen LogP contribution in [0.5, 0.6) is 0 Å². The number of hydrogen-bond acceptors (Lipinski definition) is 3. The van der Waals surface area contributed by atoms with E-state index < -0.39 is 17.5 Å². The molecule has 32 heavy (non-hydrogen) atoms. The third-order valence-corrected chi connectivity index (χ3v) is 6.27. The Morgan fingerprint density at radius 3 is 2.03 bits per heavy atom. The molecule has 4 nitrogen and oxygen atoms in total. The highest BCUT2D eigenvalue weighted by atomic mass is 19.1. The van der Waals surface area contributed by atoms with Crippen molar-refractivity contribution in [1.29, 1.82) is 0 Å². The maximum atomic E-state index is 13.8. The molecular weight excluding hydrogens is 412 g/mol. The van der Waals surface area contributed by atoms with Gasteiger partial charge in [-0.25, -0.2) is 8.78 Å². The molecule has 0 aliphatic carbocycles. The van der Waals surface area contributed by atoms with Crippen LogP contribution in [-0.4, -0.2) is 36.5 Å². The van der Waals surface area contributed by atoms with E-state index in [0.29, 0.717) is 38.6 Å². The number of hydrogen-bond donors (Lipinski definition) is 0. The average molecular weight is 452 g/mol. The minimum atomic E-state index is -0.858. The van der Waals surface area contributed by atoms with E-state index in [1.165, 1.54) is 68.8 Å². The van der Waals surface area contributed by atoms with Crippen molar-refractivity contribution in [3.63, 3.8) is 0 Å². The number of esters is 1. The summed E-state index contributed by atoms with van der Waals surface area (Å²) in [7, 11) is 0. The summed E-state index contributed by atoms with van der Waals surface area (Å²) in [4.78, 5) is 26.3. The summed E-state index contributed by atoms with van der Waals surface area (Å²) >= 11 is 0. The van der Waals surface area contributed by atoms with Crippen molar-refractivity contribution in [3.8, 4) is 0 Å². The quantitative estimate of drug-likeness (QED) is 0.234. The van der Waals surface area contributed by atoms with Gasteiger partial charge in [-0.05, 0) is 31.4 Å². The number of benzene rings is 1. The number of amides is 1. The number of ether oxygens (including phenoxy) is 1. The van der Waals surface area contributed by atoms with Crippen LogP contribution in [0, 0.1) is 17.6 Å². The SMILES string of the molecule is CCCCCCCCCCCCCOC(=O)C1CCN(C(=O)c2ccc(F)cc2F)CC1. The van der Waals surface area contributed by atoms with Gasteiger partial charge in [-0.2, -0.15) is 0 Å². The molecule has 1 aliphatic heterocycles. The Balaban J connectivity index is 1.52. The van der Waals surface area contributed by atoms with Crippen LogP contribution in [0.25, 0.3) is 0 Å². The first kappa shape index (κ1) is 26.3. The number of unbranched alkanes of at least 4 members (excludes halogenated alkanes) is 10. The van der Waals surface area contributed by atoms with Crippen molar-refractivity contribution in [3.05, 3.63) is 35.4 Å². The number of carbonyl (C=O) groups excluding carboxylic acids is 2. The molecular formula is C26H39F2NO3. The first-order valence-electron chi connectivity index (χ1n) is 12.4. The molecule has 0 radical (unpaired) electrons. The molecule has 1 amide bonds. The van der Waals surface area contributed by atoms with E-state index in [2.05, 4.69) is 6.92 Å². The fraction of sp³-hybridized carbons (Fsp3) is 0.692. The Morgan fingerprint density at radius 2 is 1.47 bits per heavy atom. The van der Waals surface area contributed by atoms with Gasteiger partial charge in [0.1, 0.15) is 11.6 Å².